The van der Waals surface area contributed by atoms with Crippen molar-refractivity contribution < 1.29 is 18.8 Å². The molecule has 1 aliphatic heterocycles. The summed E-state index contributed by atoms with van der Waals surface area (Å²) in [6, 6.07) is 2.18. The fraction of sp³-hybridized carbons (Fsp3) is 0.462. The first-order valence-corrected chi connectivity index (χ1v) is 6.29. The highest BCUT2D eigenvalue weighted by Crippen LogP contribution is 2.35. The van der Waals surface area contributed by atoms with Crippen molar-refractivity contribution in [2.24, 2.45) is 5.92 Å². The van der Waals surface area contributed by atoms with Gasteiger partial charge in [-0.1, -0.05) is 0 Å². The number of carbonyl (C=O) groups excluding carboxylic acids is 1. The number of hydrogen-bond acceptors (Lipinski definition) is 5. The van der Waals surface area contributed by atoms with E-state index < -0.39 is 16.4 Å². The predicted octanol–water partition coefficient (Wildman–Crippen LogP) is 2.16. The van der Waals surface area contributed by atoms with Crippen LogP contribution in [0.25, 0.3) is 0 Å². The van der Waals surface area contributed by atoms with E-state index in [-0.39, 0.29) is 17.4 Å². The van der Waals surface area contributed by atoms with Gasteiger partial charge in [0.05, 0.1) is 23.8 Å². The number of nitro groups is 1. The number of ether oxygens (including phenoxy) is 1. The third-order valence-corrected chi connectivity index (χ3v) is 3.44. The molecule has 0 radical (unpaired) electrons. The van der Waals surface area contributed by atoms with Gasteiger partial charge in [-0.25, -0.2) is 4.39 Å². The van der Waals surface area contributed by atoms with Gasteiger partial charge in [-0.05, 0) is 12.8 Å². The van der Waals surface area contributed by atoms with Crippen LogP contribution in [0.1, 0.15) is 12.8 Å². The number of benzene rings is 1. The van der Waals surface area contributed by atoms with Crippen molar-refractivity contribution in [3.8, 4) is 5.75 Å². The Balaban J connectivity index is 2.36. The summed E-state index contributed by atoms with van der Waals surface area (Å²) < 4.78 is 19.0. The van der Waals surface area contributed by atoms with E-state index in [0.29, 0.717) is 13.1 Å². The van der Waals surface area contributed by atoms with Crippen LogP contribution in [0.3, 0.4) is 0 Å². The van der Waals surface area contributed by atoms with E-state index in [0.717, 1.165) is 25.2 Å². The maximum Gasteiger partial charge on any atom is 0.313 e. The molecule has 20 heavy (non-hydrogen) atoms. The lowest BCUT2D eigenvalue weighted by Crippen LogP contribution is -2.36. The number of anilines is 1. The molecule has 6 nitrogen and oxygen atoms in total. The highest BCUT2D eigenvalue weighted by molar-refractivity contribution is 5.62. The van der Waals surface area contributed by atoms with Gasteiger partial charge in [-0.3, -0.25) is 10.1 Å². The van der Waals surface area contributed by atoms with Gasteiger partial charge in [-0.15, -0.1) is 0 Å². The van der Waals surface area contributed by atoms with E-state index >= 15 is 0 Å². The molecule has 0 aromatic heterocycles. The smallest absolute Gasteiger partial charge is 0.313 e. The van der Waals surface area contributed by atoms with Crippen molar-refractivity contribution in [2.75, 3.05) is 25.1 Å². The Labute approximate surface area is 115 Å². The Kier molecular flexibility index (Phi) is 4.16. The van der Waals surface area contributed by atoms with Crippen LogP contribution < -0.4 is 9.64 Å². The largest absolute Gasteiger partial charge is 0.490 e. The maximum absolute atomic E-state index is 14.1. The summed E-state index contributed by atoms with van der Waals surface area (Å²) in [6.45, 7) is 1.03. The van der Waals surface area contributed by atoms with Crippen molar-refractivity contribution in [2.45, 2.75) is 12.8 Å². The summed E-state index contributed by atoms with van der Waals surface area (Å²) in [5.41, 5.74) is -0.170. The van der Waals surface area contributed by atoms with Gasteiger partial charge in [0.15, 0.2) is 11.6 Å². The van der Waals surface area contributed by atoms with E-state index in [1.165, 1.54) is 13.2 Å². The van der Waals surface area contributed by atoms with Crippen molar-refractivity contribution in [3.63, 3.8) is 0 Å². The zero-order valence-corrected chi connectivity index (χ0v) is 11.0. The van der Waals surface area contributed by atoms with Crippen LogP contribution in [0.5, 0.6) is 5.75 Å². The molecule has 1 fully saturated rings. The van der Waals surface area contributed by atoms with E-state index in [4.69, 9.17) is 4.74 Å². The SMILES string of the molecule is COc1cc(N2CCCC(C=O)C2)c(F)cc1[N+](=O)[O-]. The summed E-state index contributed by atoms with van der Waals surface area (Å²) in [6.07, 6.45) is 2.43. The Morgan fingerprint density at radius 1 is 1.55 bits per heavy atom. The van der Waals surface area contributed by atoms with Gasteiger partial charge in [0.1, 0.15) is 6.29 Å². The number of nitrogens with zero attached hydrogens (tertiary/aromatic N) is 2. The molecule has 0 amide bonds. The highest BCUT2D eigenvalue weighted by atomic mass is 19.1. The molecular weight excluding hydrogens is 267 g/mol. The molecule has 1 heterocycles. The number of halogens is 1. The van der Waals surface area contributed by atoms with Crippen molar-refractivity contribution in [3.05, 3.63) is 28.1 Å². The number of aldehydes is 1. The summed E-state index contributed by atoms with van der Waals surface area (Å²) in [5, 5.41) is 10.8. The van der Waals surface area contributed by atoms with Gasteiger partial charge in [0.2, 0.25) is 0 Å². The zero-order chi connectivity index (χ0) is 14.7. The normalized spacial score (nSPS) is 18.7. The van der Waals surface area contributed by atoms with Crippen molar-refractivity contribution in [1.82, 2.24) is 0 Å². The number of hydrogen-bond donors (Lipinski definition) is 0. The Hall–Kier alpha value is -2.18. The number of rotatable bonds is 4. The van der Waals surface area contributed by atoms with Crippen LogP contribution in [0, 0.1) is 21.8 Å². The first-order valence-electron chi connectivity index (χ1n) is 6.29. The average Bonchev–Trinajstić information content (AvgIpc) is 2.46. The van der Waals surface area contributed by atoms with Crippen LogP contribution >= 0.6 is 0 Å². The summed E-state index contributed by atoms with van der Waals surface area (Å²) in [7, 11) is 1.30. The van der Waals surface area contributed by atoms with E-state index in [9.17, 15) is 19.3 Å². The van der Waals surface area contributed by atoms with Crippen molar-refractivity contribution in [1.29, 1.82) is 0 Å². The molecule has 0 saturated carbocycles. The molecule has 1 aromatic rings. The zero-order valence-electron chi connectivity index (χ0n) is 11.0. The highest BCUT2D eigenvalue weighted by Gasteiger charge is 2.25. The molecule has 1 atom stereocenters. The van der Waals surface area contributed by atoms with Crippen LogP contribution in [0.2, 0.25) is 0 Å². The minimum absolute atomic E-state index is 0.0135. The fourth-order valence-electron chi connectivity index (χ4n) is 2.42. The number of methoxy groups -OCH3 is 1. The summed E-state index contributed by atoms with van der Waals surface area (Å²) in [4.78, 5) is 22.7. The lowest BCUT2D eigenvalue weighted by Gasteiger charge is -2.32. The second-order valence-corrected chi connectivity index (χ2v) is 4.72. The number of nitro benzene ring substituents is 1. The molecule has 1 saturated heterocycles. The van der Waals surface area contributed by atoms with E-state index in [1.54, 1.807) is 4.90 Å². The van der Waals surface area contributed by atoms with Gasteiger partial charge in [-0.2, -0.15) is 0 Å². The molecule has 2 rings (SSSR count). The van der Waals surface area contributed by atoms with Gasteiger partial charge >= 0.3 is 5.69 Å². The molecule has 0 N–H and O–H groups in total. The maximum atomic E-state index is 14.1. The minimum atomic E-state index is -0.684. The molecule has 1 aromatic carbocycles. The first-order chi connectivity index (χ1) is 9.56. The summed E-state index contributed by atoms with van der Waals surface area (Å²) >= 11 is 0. The molecule has 0 aliphatic carbocycles. The minimum Gasteiger partial charge on any atom is -0.490 e. The lowest BCUT2D eigenvalue weighted by atomic mass is 9.99. The summed E-state index contributed by atoms with van der Waals surface area (Å²) in [5.74, 6) is -0.798. The molecule has 1 unspecified atom stereocenters. The first kappa shape index (κ1) is 14.2. The second-order valence-electron chi connectivity index (χ2n) is 4.72. The molecule has 7 heteroatoms. The Morgan fingerprint density at radius 2 is 2.30 bits per heavy atom. The number of carbonyl (C=O) groups is 1. The fourth-order valence-corrected chi connectivity index (χ4v) is 2.42. The van der Waals surface area contributed by atoms with Gasteiger partial charge in [0, 0.05) is 25.1 Å². The second kappa shape index (κ2) is 5.85. The van der Waals surface area contributed by atoms with Crippen LogP contribution in [0.4, 0.5) is 15.8 Å². The third kappa shape index (κ3) is 2.71. The average molecular weight is 282 g/mol. The Morgan fingerprint density at radius 3 is 2.90 bits per heavy atom. The quantitative estimate of drug-likeness (QED) is 0.480. The monoisotopic (exact) mass is 282 g/mol. The standard InChI is InChI=1S/C13H15FN2O4/c1-20-13-6-11(10(14)5-12(13)16(18)19)15-4-2-3-9(7-15)8-17/h5-6,8-9H,2-4,7H2,1H3. The molecule has 0 spiro atoms. The molecule has 0 bridgehead atoms. The predicted molar refractivity (Wildman–Crippen MR) is 70.6 cm³/mol. The molecule has 1 aliphatic rings. The lowest BCUT2D eigenvalue weighted by molar-refractivity contribution is -0.385. The Bertz CT molecular complexity index is 535. The van der Waals surface area contributed by atoms with Gasteiger partial charge in [0.25, 0.3) is 0 Å². The van der Waals surface area contributed by atoms with Gasteiger partial charge < -0.3 is 14.4 Å². The van der Waals surface area contributed by atoms with Crippen molar-refractivity contribution >= 4 is 17.7 Å². The van der Waals surface area contributed by atoms with E-state index in [1.807, 2.05) is 0 Å². The van der Waals surface area contributed by atoms with Crippen LogP contribution in [-0.2, 0) is 4.79 Å². The third-order valence-electron chi connectivity index (χ3n) is 3.44. The van der Waals surface area contributed by atoms with Crippen LogP contribution in [0.15, 0.2) is 12.1 Å². The molecule has 108 valence electrons. The number of piperidine rings is 1. The molecular formula is C13H15FN2O4. The topological polar surface area (TPSA) is 72.7 Å². The van der Waals surface area contributed by atoms with Crippen LogP contribution in [-0.4, -0.2) is 31.4 Å². The van der Waals surface area contributed by atoms with E-state index in [2.05, 4.69) is 0 Å².